The molecule has 0 saturated heterocycles. The number of hydrogen-bond donors (Lipinski definition) is 1. The average Bonchev–Trinajstić information content (AvgIpc) is 2.77. The molecule has 1 atom stereocenters. The first kappa shape index (κ1) is 14.0. The molecule has 17 heavy (non-hydrogen) atoms. The molecule has 0 aliphatic rings. The summed E-state index contributed by atoms with van der Waals surface area (Å²) in [5.41, 5.74) is 0. The third-order valence-electron chi connectivity index (χ3n) is 2.50. The van der Waals surface area contributed by atoms with Crippen LogP contribution < -0.4 is 5.32 Å². The summed E-state index contributed by atoms with van der Waals surface area (Å²) in [6, 6.07) is 0.289. The number of hydrogen-bond acceptors (Lipinski definition) is 4. The highest BCUT2D eigenvalue weighted by Crippen LogP contribution is 2.13. The number of aromatic nitrogens is 2. The van der Waals surface area contributed by atoms with Gasteiger partial charge >= 0.3 is 0 Å². The Morgan fingerprint density at radius 3 is 3.06 bits per heavy atom. The Hall–Kier alpha value is -1.07. The standard InChI is InChI=1S/C12H23N3O2/c1-4-17-9-5-6-13-12-14-7-8-15(12)11(2)10-16-3/h7-8,11H,4-6,9-10H2,1-3H3,(H,13,14). The molecule has 0 spiro atoms. The van der Waals surface area contributed by atoms with Crippen molar-refractivity contribution in [2.75, 3.05) is 38.8 Å². The van der Waals surface area contributed by atoms with Crippen LogP contribution in [0.25, 0.3) is 0 Å². The van der Waals surface area contributed by atoms with Crippen LogP contribution in [0, 0.1) is 0 Å². The Balaban J connectivity index is 2.35. The average molecular weight is 241 g/mol. The van der Waals surface area contributed by atoms with Crippen molar-refractivity contribution in [2.24, 2.45) is 0 Å². The number of nitrogens with zero attached hydrogens (tertiary/aromatic N) is 2. The molecule has 0 aliphatic heterocycles. The minimum atomic E-state index is 0.289. The number of methoxy groups -OCH3 is 1. The highest BCUT2D eigenvalue weighted by atomic mass is 16.5. The molecule has 0 fully saturated rings. The zero-order valence-corrected chi connectivity index (χ0v) is 11.0. The van der Waals surface area contributed by atoms with Gasteiger partial charge in [-0.3, -0.25) is 0 Å². The summed E-state index contributed by atoms with van der Waals surface area (Å²) in [5, 5.41) is 3.31. The number of anilines is 1. The van der Waals surface area contributed by atoms with E-state index in [2.05, 4.69) is 21.8 Å². The highest BCUT2D eigenvalue weighted by molar-refractivity contribution is 5.26. The van der Waals surface area contributed by atoms with Crippen molar-refractivity contribution in [3.05, 3.63) is 12.4 Å². The summed E-state index contributed by atoms with van der Waals surface area (Å²) in [6.07, 6.45) is 4.75. The third kappa shape index (κ3) is 4.75. The second-order valence-electron chi connectivity index (χ2n) is 3.94. The number of nitrogens with one attached hydrogen (secondary N) is 1. The van der Waals surface area contributed by atoms with Crippen molar-refractivity contribution in [1.29, 1.82) is 0 Å². The molecular weight excluding hydrogens is 218 g/mol. The second kappa shape index (κ2) is 8.08. The van der Waals surface area contributed by atoms with Crippen molar-refractivity contribution in [3.63, 3.8) is 0 Å². The topological polar surface area (TPSA) is 48.3 Å². The first-order chi connectivity index (χ1) is 8.29. The molecular formula is C12H23N3O2. The van der Waals surface area contributed by atoms with Gasteiger partial charge in [-0.15, -0.1) is 0 Å². The molecule has 0 saturated carbocycles. The Kier molecular flexibility index (Phi) is 6.65. The van der Waals surface area contributed by atoms with Crippen LogP contribution in [0.5, 0.6) is 0 Å². The fourth-order valence-electron chi connectivity index (χ4n) is 1.65. The molecule has 1 rings (SSSR count). The van der Waals surface area contributed by atoms with Gasteiger partial charge in [0.05, 0.1) is 12.6 Å². The van der Waals surface area contributed by atoms with Gasteiger partial charge in [0.25, 0.3) is 0 Å². The second-order valence-corrected chi connectivity index (χ2v) is 3.94. The normalized spacial score (nSPS) is 12.6. The van der Waals surface area contributed by atoms with E-state index in [0.29, 0.717) is 6.61 Å². The Morgan fingerprint density at radius 2 is 2.35 bits per heavy atom. The zero-order valence-electron chi connectivity index (χ0n) is 11.0. The van der Waals surface area contributed by atoms with Gasteiger partial charge in [-0.1, -0.05) is 0 Å². The Morgan fingerprint density at radius 1 is 1.53 bits per heavy atom. The number of rotatable bonds is 9. The van der Waals surface area contributed by atoms with Gasteiger partial charge in [-0.05, 0) is 20.3 Å². The van der Waals surface area contributed by atoms with Crippen molar-refractivity contribution in [3.8, 4) is 0 Å². The first-order valence-corrected chi connectivity index (χ1v) is 6.13. The molecule has 0 aliphatic carbocycles. The van der Waals surface area contributed by atoms with Crippen molar-refractivity contribution < 1.29 is 9.47 Å². The van der Waals surface area contributed by atoms with Crippen LogP contribution in [0.3, 0.4) is 0 Å². The lowest BCUT2D eigenvalue weighted by Crippen LogP contribution is -2.15. The maximum atomic E-state index is 5.28. The van der Waals surface area contributed by atoms with Crippen LogP contribution in [-0.4, -0.2) is 43.0 Å². The lowest BCUT2D eigenvalue weighted by molar-refractivity contribution is 0.147. The minimum absolute atomic E-state index is 0.289. The maximum Gasteiger partial charge on any atom is 0.203 e. The highest BCUT2D eigenvalue weighted by Gasteiger charge is 2.08. The smallest absolute Gasteiger partial charge is 0.203 e. The van der Waals surface area contributed by atoms with E-state index in [1.54, 1.807) is 13.3 Å². The summed E-state index contributed by atoms with van der Waals surface area (Å²) in [7, 11) is 1.71. The Bertz CT molecular complexity index is 302. The van der Waals surface area contributed by atoms with Crippen molar-refractivity contribution >= 4 is 5.95 Å². The lowest BCUT2D eigenvalue weighted by atomic mass is 10.3. The van der Waals surface area contributed by atoms with Crippen LogP contribution in [0.1, 0.15) is 26.3 Å². The van der Waals surface area contributed by atoms with E-state index in [-0.39, 0.29) is 6.04 Å². The van der Waals surface area contributed by atoms with Crippen LogP contribution in [0.2, 0.25) is 0 Å². The zero-order chi connectivity index (χ0) is 12.5. The predicted octanol–water partition coefficient (Wildman–Crippen LogP) is 1.93. The molecule has 1 heterocycles. The molecule has 98 valence electrons. The molecule has 5 heteroatoms. The van der Waals surface area contributed by atoms with Gasteiger partial charge in [0.1, 0.15) is 0 Å². The van der Waals surface area contributed by atoms with E-state index in [9.17, 15) is 0 Å². The molecule has 1 aromatic rings. The monoisotopic (exact) mass is 241 g/mol. The largest absolute Gasteiger partial charge is 0.383 e. The van der Waals surface area contributed by atoms with Crippen LogP contribution >= 0.6 is 0 Å². The molecule has 1 N–H and O–H groups in total. The Labute approximate surface area is 103 Å². The molecule has 1 unspecified atom stereocenters. The lowest BCUT2D eigenvalue weighted by Gasteiger charge is -2.16. The quantitative estimate of drug-likeness (QED) is 0.671. The van der Waals surface area contributed by atoms with E-state index >= 15 is 0 Å². The molecule has 5 nitrogen and oxygen atoms in total. The molecule has 0 amide bonds. The summed E-state index contributed by atoms with van der Waals surface area (Å²) < 4.78 is 12.5. The van der Waals surface area contributed by atoms with E-state index in [1.165, 1.54) is 0 Å². The van der Waals surface area contributed by atoms with Gasteiger partial charge in [-0.2, -0.15) is 0 Å². The van der Waals surface area contributed by atoms with Gasteiger partial charge in [-0.25, -0.2) is 4.98 Å². The summed E-state index contributed by atoms with van der Waals surface area (Å²) in [6.45, 7) is 7.24. The van der Waals surface area contributed by atoms with Gasteiger partial charge < -0.3 is 19.4 Å². The number of ether oxygens (including phenoxy) is 2. The summed E-state index contributed by atoms with van der Waals surface area (Å²) in [4.78, 5) is 4.29. The SMILES string of the molecule is CCOCCCNc1nccn1C(C)COC. The fraction of sp³-hybridized carbons (Fsp3) is 0.750. The summed E-state index contributed by atoms with van der Waals surface area (Å²) >= 11 is 0. The van der Waals surface area contributed by atoms with Gasteiger partial charge in [0.2, 0.25) is 5.95 Å². The van der Waals surface area contributed by atoms with Gasteiger partial charge in [0, 0.05) is 39.3 Å². The minimum Gasteiger partial charge on any atom is -0.383 e. The maximum absolute atomic E-state index is 5.28. The van der Waals surface area contributed by atoms with Gasteiger partial charge in [0.15, 0.2) is 0 Å². The fourth-order valence-corrected chi connectivity index (χ4v) is 1.65. The number of imidazole rings is 1. The van der Waals surface area contributed by atoms with Crippen LogP contribution in [0.4, 0.5) is 5.95 Å². The van der Waals surface area contributed by atoms with E-state index in [0.717, 1.165) is 32.1 Å². The van der Waals surface area contributed by atoms with Crippen molar-refractivity contribution in [1.82, 2.24) is 9.55 Å². The van der Waals surface area contributed by atoms with Crippen LogP contribution in [0.15, 0.2) is 12.4 Å². The molecule has 0 aromatic carbocycles. The predicted molar refractivity (Wildman–Crippen MR) is 68.4 cm³/mol. The third-order valence-corrected chi connectivity index (χ3v) is 2.50. The van der Waals surface area contributed by atoms with Crippen molar-refractivity contribution in [2.45, 2.75) is 26.3 Å². The first-order valence-electron chi connectivity index (χ1n) is 6.13. The van der Waals surface area contributed by atoms with E-state index in [1.807, 2.05) is 13.1 Å². The van der Waals surface area contributed by atoms with E-state index < -0.39 is 0 Å². The van der Waals surface area contributed by atoms with E-state index in [4.69, 9.17) is 9.47 Å². The molecule has 1 aromatic heterocycles. The molecule has 0 radical (unpaired) electrons. The summed E-state index contributed by atoms with van der Waals surface area (Å²) in [5.74, 6) is 0.894. The molecule has 0 bridgehead atoms. The van der Waals surface area contributed by atoms with Crippen LogP contribution in [-0.2, 0) is 9.47 Å².